The standard InChI is InChI=1S/C9H11N3S/c10-7-2-1-3-8(6-7)12-9-11-4-5-13-9/h1-3,6H,4-5,10H2,(H,11,12). The minimum absolute atomic E-state index is 0.772. The minimum atomic E-state index is 0.772. The van der Waals surface area contributed by atoms with Gasteiger partial charge in [0.15, 0.2) is 5.17 Å². The van der Waals surface area contributed by atoms with Gasteiger partial charge < -0.3 is 11.1 Å². The SMILES string of the molecule is Nc1cccc(NC2=NCCS2)c1. The van der Waals surface area contributed by atoms with Gasteiger partial charge in [0.05, 0.1) is 6.54 Å². The summed E-state index contributed by atoms with van der Waals surface area (Å²) in [5.41, 5.74) is 7.43. The van der Waals surface area contributed by atoms with Crippen molar-refractivity contribution in [3.63, 3.8) is 0 Å². The lowest BCUT2D eigenvalue weighted by Crippen LogP contribution is -2.04. The molecule has 0 saturated heterocycles. The summed E-state index contributed by atoms with van der Waals surface area (Å²) >= 11 is 1.74. The fourth-order valence-corrected chi connectivity index (χ4v) is 1.90. The van der Waals surface area contributed by atoms with E-state index in [1.165, 1.54) is 0 Å². The second-order valence-electron chi connectivity index (χ2n) is 2.79. The van der Waals surface area contributed by atoms with E-state index in [4.69, 9.17) is 5.73 Å². The van der Waals surface area contributed by atoms with E-state index in [1.54, 1.807) is 11.8 Å². The number of benzene rings is 1. The summed E-state index contributed by atoms with van der Waals surface area (Å²) in [6.45, 7) is 0.912. The highest BCUT2D eigenvalue weighted by Gasteiger charge is 2.06. The molecule has 0 atom stereocenters. The van der Waals surface area contributed by atoms with Crippen molar-refractivity contribution in [2.45, 2.75) is 0 Å². The van der Waals surface area contributed by atoms with E-state index < -0.39 is 0 Å². The Morgan fingerprint density at radius 2 is 2.38 bits per heavy atom. The van der Waals surface area contributed by atoms with Crippen LogP contribution in [-0.2, 0) is 0 Å². The molecule has 0 unspecified atom stereocenters. The predicted molar refractivity (Wildman–Crippen MR) is 59.2 cm³/mol. The van der Waals surface area contributed by atoms with E-state index in [0.717, 1.165) is 28.8 Å². The van der Waals surface area contributed by atoms with Gasteiger partial charge in [0.25, 0.3) is 0 Å². The van der Waals surface area contributed by atoms with E-state index in [1.807, 2.05) is 24.3 Å². The van der Waals surface area contributed by atoms with Crippen molar-refractivity contribution in [3.8, 4) is 0 Å². The summed E-state index contributed by atoms with van der Waals surface area (Å²) in [5.74, 6) is 1.07. The van der Waals surface area contributed by atoms with Crippen LogP contribution in [0.2, 0.25) is 0 Å². The van der Waals surface area contributed by atoms with Gasteiger partial charge in [0.2, 0.25) is 0 Å². The van der Waals surface area contributed by atoms with Gasteiger partial charge in [-0.15, -0.1) is 0 Å². The summed E-state index contributed by atoms with van der Waals surface area (Å²) in [7, 11) is 0. The number of nitrogens with two attached hydrogens (primary N) is 1. The second kappa shape index (κ2) is 3.70. The van der Waals surface area contributed by atoms with Gasteiger partial charge in [0.1, 0.15) is 0 Å². The third-order valence-corrected chi connectivity index (χ3v) is 2.61. The maximum absolute atomic E-state index is 5.65. The van der Waals surface area contributed by atoms with Gasteiger partial charge in [-0.2, -0.15) is 0 Å². The van der Waals surface area contributed by atoms with Crippen LogP contribution in [0.3, 0.4) is 0 Å². The van der Waals surface area contributed by atoms with Crippen LogP contribution in [0.5, 0.6) is 0 Å². The summed E-state index contributed by atoms with van der Waals surface area (Å²) in [6, 6.07) is 7.69. The largest absolute Gasteiger partial charge is 0.399 e. The number of anilines is 2. The highest BCUT2D eigenvalue weighted by atomic mass is 32.2. The second-order valence-corrected chi connectivity index (χ2v) is 3.87. The zero-order valence-corrected chi connectivity index (χ0v) is 7.97. The van der Waals surface area contributed by atoms with Gasteiger partial charge in [0, 0.05) is 17.1 Å². The third kappa shape index (κ3) is 2.15. The number of thioether (sulfide) groups is 1. The monoisotopic (exact) mass is 193 g/mol. The quantitative estimate of drug-likeness (QED) is 0.668. The number of rotatable bonds is 1. The molecule has 0 aromatic heterocycles. The molecule has 3 N–H and O–H groups in total. The molecule has 2 rings (SSSR count). The summed E-state index contributed by atoms with van der Waals surface area (Å²) in [6.07, 6.45) is 0. The van der Waals surface area contributed by atoms with Crippen LogP contribution in [0.4, 0.5) is 11.4 Å². The molecule has 4 heteroatoms. The highest BCUT2D eigenvalue weighted by Crippen LogP contribution is 2.17. The lowest BCUT2D eigenvalue weighted by atomic mass is 10.3. The number of hydrogen-bond donors (Lipinski definition) is 2. The molecule has 1 aromatic carbocycles. The van der Waals surface area contributed by atoms with Crippen molar-refractivity contribution in [3.05, 3.63) is 24.3 Å². The summed E-state index contributed by atoms with van der Waals surface area (Å²) in [5, 5.41) is 4.21. The number of hydrogen-bond acceptors (Lipinski definition) is 4. The number of nitrogens with one attached hydrogen (secondary N) is 1. The molecule has 0 radical (unpaired) electrons. The molecular weight excluding hydrogens is 182 g/mol. The Balaban J connectivity index is 2.09. The van der Waals surface area contributed by atoms with E-state index in [0.29, 0.717) is 0 Å². The maximum Gasteiger partial charge on any atom is 0.161 e. The first-order valence-corrected chi connectivity index (χ1v) is 5.13. The number of amidine groups is 1. The van der Waals surface area contributed by atoms with Crippen LogP contribution in [0, 0.1) is 0 Å². The zero-order valence-electron chi connectivity index (χ0n) is 7.16. The van der Waals surface area contributed by atoms with Crippen LogP contribution in [0.25, 0.3) is 0 Å². The molecule has 0 aliphatic carbocycles. The van der Waals surface area contributed by atoms with Crippen molar-refractivity contribution < 1.29 is 0 Å². The van der Waals surface area contributed by atoms with Crippen molar-refractivity contribution in [2.24, 2.45) is 4.99 Å². The molecule has 13 heavy (non-hydrogen) atoms. The molecular formula is C9H11N3S. The fraction of sp³-hybridized carbons (Fsp3) is 0.222. The molecule has 3 nitrogen and oxygen atoms in total. The van der Waals surface area contributed by atoms with Crippen molar-refractivity contribution >= 4 is 28.3 Å². The Morgan fingerprint density at radius 1 is 1.46 bits per heavy atom. The number of nitrogen functional groups attached to an aromatic ring is 1. The van der Waals surface area contributed by atoms with Crippen molar-refractivity contribution in [1.82, 2.24) is 0 Å². The molecule has 0 bridgehead atoms. The minimum Gasteiger partial charge on any atom is -0.399 e. The summed E-state index contributed by atoms with van der Waals surface area (Å²) < 4.78 is 0. The normalized spacial score (nSPS) is 15.5. The molecule has 1 aromatic rings. The first-order valence-electron chi connectivity index (χ1n) is 4.14. The number of nitrogens with zero attached hydrogens (tertiary/aromatic N) is 1. The van der Waals surface area contributed by atoms with Gasteiger partial charge in [-0.1, -0.05) is 17.8 Å². The predicted octanol–water partition coefficient (Wildman–Crippen LogP) is 1.78. The molecule has 0 saturated carbocycles. The van der Waals surface area contributed by atoms with E-state index >= 15 is 0 Å². The van der Waals surface area contributed by atoms with Gasteiger partial charge in [-0.05, 0) is 18.2 Å². The summed E-state index contributed by atoms with van der Waals surface area (Å²) in [4.78, 5) is 4.29. The van der Waals surface area contributed by atoms with Crippen molar-refractivity contribution in [1.29, 1.82) is 0 Å². The Kier molecular flexibility index (Phi) is 2.40. The lowest BCUT2D eigenvalue weighted by molar-refractivity contribution is 1.17. The highest BCUT2D eigenvalue weighted by molar-refractivity contribution is 8.14. The van der Waals surface area contributed by atoms with E-state index in [9.17, 15) is 0 Å². The molecule has 68 valence electrons. The average Bonchev–Trinajstić information content (AvgIpc) is 2.57. The van der Waals surface area contributed by atoms with Crippen LogP contribution in [-0.4, -0.2) is 17.5 Å². The van der Waals surface area contributed by atoms with E-state index in [2.05, 4.69) is 10.3 Å². The van der Waals surface area contributed by atoms with Gasteiger partial charge >= 0.3 is 0 Å². The Hall–Kier alpha value is -1.16. The Bertz CT molecular complexity index is 335. The molecule has 0 fully saturated rings. The van der Waals surface area contributed by atoms with Crippen LogP contribution >= 0.6 is 11.8 Å². The maximum atomic E-state index is 5.65. The Labute approximate surface area is 81.4 Å². The molecule has 1 heterocycles. The van der Waals surface area contributed by atoms with Gasteiger partial charge in [-0.25, -0.2) is 0 Å². The smallest absolute Gasteiger partial charge is 0.161 e. The first-order chi connectivity index (χ1) is 6.34. The zero-order chi connectivity index (χ0) is 9.10. The average molecular weight is 193 g/mol. The lowest BCUT2D eigenvalue weighted by Gasteiger charge is -2.04. The third-order valence-electron chi connectivity index (χ3n) is 1.72. The molecule has 1 aliphatic rings. The molecule has 0 spiro atoms. The first kappa shape index (κ1) is 8.44. The van der Waals surface area contributed by atoms with Crippen LogP contribution < -0.4 is 11.1 Å². The van der Waals surface area contributed by atoms with Crippen molar-refractivity contribution in [2.75, 3.05) is 23.3 Å². The molecule has 1 aliphatic heterocycles. The molecule has 0 amide bonds. The van der Waals surface area contributed by atoms with Gasteiger partial charge in [-0.3, -0.25) is 4.99 Å². The van der Waals surface area contributed by atoms with Crippen LogP contribution in [0.1, 0.15) is 0 Å². The van der Waals surface area contributed by atoms with Crippen LogP contribution in [0.15, 0.2) is 29.3 Å². The number of aliphatic imine (C=N–C) groups is 1. The Morgan fingerprint density at radius 3 is 3.08 bits per heavy atom. The fourth-order valence-electron chi connectivity index (χ4n) is 1.15. The topological polar surface area (TPSA) is 50.4 Å². The van der Waals surface area contributed by atoms with E-state index in [-0.39, 0.29) is 0 Å².